The molecule has 0 fully saturated rings. The van der Waals surface area contributed by atoms with E-state index >= 15 is 0 Å². The van der Waals surface area contributed by atoms with Crippen LogP contribution in [0.2, 0.25) is 0 Å². The van der Waals surface area contributed by atoms with Crippen molar-refractivity contribution in [3.63, 3.8) is 0 Å². The van der Waals surface area contributed by atoms with Gasteiger partial charge in [0.2, 0.25) is 0 Å². The Morgan fingerprint density at radius 2 is 1.67 bits per heavy atom. The number of amides is 1. The molecule has 0 bridgehead atoms. The van der Waals surface area contributed by atoms with Crippen LogP contribution < -0.4 is 10.6 Å². The van der Waals surface area contributed by atoms with Crippen LogP contribution in [0.1, 0.15) is 21.5 Å². The molecule has 2 aromatic carbocycles. The number of carbonyl (C=O) groups excluding carboxylic acids is 1. The van der Waals surface area contributed by atoms with Gasteiger partial charge in [0.1, 0.15) is 0 Å². The number of alkyl halides is 3. The van der Waals surface area contributed by atoms with Crippen molar-refractivity contribution in [3.05, 3.63) is 83.7 Å². The summed E-state index contributed by atoms with van der Waals surface area (Å²) in [5.41, 5.74) is 1.85. The topological polar surface area (TPSA) is 54.0 Å². The number of hydrogen-bond donors (Lipinski definition) is 2. The minimum atomic E-state index is -4.43. The summed E-state index contributed by atoms with van der Waals surface area (Å²) in [6, 6.07) is 13.7. The van der Waals surface area contributed by atoms with E-state index in [1.807, 2.05) is 25.1 Å². The second-order valence-electron chi connectivity index (χ2n) is 5.99. The number of carbonyl (C=O) groups is 1. The Kier molecular flexibility index (Phi) is 5.12. The summed E-state index contributed by atoms with van der Waals surface area (Å²) >= 11 is 0. The second-order valence-corrected chi connectivity index (χ2v) is 5.99. The van der Waals surface area contributed by atoms with E-state index in [1.165, 1.54) is 30.6 Å². The third-order valence-electron chi connectivity index (χ3n) is 3.75. The van der Waals surface area contributed by atoms with Crippen LogP contribution in [0.25, 0.3) is 0 Å². The first-order chi connectivity index (χ1) is 12.8. The Morgan fingerprint density at radius 3 is 2.41 bits per heavy atom. The zero-order valence-electron chi connectivity index (χ0n) is 14.3. The molecule has 0 aliphatic carbocycles. The minimum absolute atomic E-state index is 0.253. The Hall–Kier alpha value is -3.35. The summed E-state index contributed by atoms with van der Waals surface area (Å²) in [6.07, 6.45) is -1.60. The molecule has 0 saturated heterocycles. The van der Waals surface area contributed by atoms with Crippen LogP contribution >= 0.6 is 0 Å². The van der Waals surface area contributed by atoms with Crippen LogP contribution in [0.5, 0.6) is 0 Å². The monoisotopic (exact) mass is 371 g/mol. The summed E-state index contributed by atoms with van der Waals surface area (Å²) < 4.78 is 38.5. The van der Waals surface area contributed by atoms with E-state index in [0.29, 0.717) is 11.4 Å². The number of nitrogens with one attached hydrogen (secondary N) is 2. The quantitative estimate of drug-likeness (QED) is 0.645. The number of hydrogen-bond acceptors (Lipinski definition) is 3. The molecule has 0 aliphatic heterocycles. The standard InChI is InChI=1S/C20H16F3N3O/c1-13-4-2-6-16(8-13)26-19(27)14-9-18(12-24-11-14)25-17-7-3-5-15(10-17)20(21,22)23/h2-12,25H,1H3,(H,26,27). The van der Waals surface area contributed by atoms with E-state index in [1.54, 1.807) is 6.07 Å². The average molecular weight is 371 g/mol. The first-order valence-corrected chi connectivity index (χ1v) is 8.08. The number of benzene rings is 2. The maximum Gasteiger partial charge on any atom is 0.416 e. The Balaban J connectivity index is 1.77. The fraction of sp³-hybridized carbons (Fsp3) is 0.100. The molecule has 1 heterocycles. The SMILES string of the molecule is Cc1cccc(NC(=O)c2cncc(Nc3cccc(C(F)(F)F)c3)c2)c1. The molecule has 4 nitrogen and oxygen atoms in total. The van der Waals surface area contributed by atoms with Gasteiger partial charge >= 0.3 is 6.18 Å². The van der Waals surface area contributed by atoms with Gasteiger partial charge in [-0.15, -0.1) is 0 Å². The van der Waals surface area contributed by atoms with Crippen molar-refractivity contribution in [3.8, 4) is 0 Å². The van der Waals surface area contributed by atoms with E-state index in [-0.39, 0.29) is 17.2 Å². The van der Waals surface area contributed by atoms with Gasteiger partial charge < -0.3 is 10.6 Å². The molecular formula is C20H16F3N3O. The van der Waals surface area contributed by atoms with E-state index in [4.69, 9.17) is 0 Å². The van der Waals surface area contributed by atoms with Crippen LogP contribution in [0.4, 0.5) is 30.2 Å². The third-order valence-corrected chi connectivity index (χ3v) is 3.75. The van der Waals surface area contributed by atoms with Crippen LogP contribution in [0.3, 0.4) is 0 Å². The van der Waals surface area contributed by atoms with Crippen LogP contribution in [0, 0.1) is 6.92 Å². The molecule has 0 radical (unpaired) electrons. The number of nitrogens with zero attached hydrogens (tertiary/aromatic N) is 1. The van der Waals surface area contributed by atoms with Gasteiger partial charge in [0.25, 0.3) is 5.91 Å². The highest BCUT2D eigenvalue weighted by molar-refractivity contribution is 6.04. The number of aryl methyl sites for hydroxylation is 1. The average Bonchev–Trinajstić information content (AvgIpc) is 2.61. The number of pyridine rings is 1. The summed E-state index contributed by atoms with van der Waals surface area (Å²) in [5.74, 6) is -0.360. The molecule has 0 spiro atoms. The summed E-state index contributed by atoms with van der Waals surface area (Å²) in [7, 11) is 0. The molecule has 27 heavy (non-hydrogen) atoms. The Bertz CT molecular complexity index is 970. The largest absolute Gasteiger partial charge is 0.416 e. The zero-order valence-corrected chi connectivity index (χ0v) is 14.3. The highest BCUT2D eigenvalue weighted by atomic mass is 19.4. The molecule has 138 valence electrons. The van der Waals surface area contributed by atoms with Crippen molar-refractivity contribution in [2.75, 3.05) is 10.6 Å². The van der Waals surface area contributed by atoms with Gasteiger partial charge in [0.15, 0.2) is 0 Å². The molecule has 2 N–H and O–H groups in total. The van der Waals surface area contributed by atoms with E-state index in [2.05, 4.69) is 15.6 Å². The zero-order chi connectivity index (χ0) is 19.4. The molecule has 1 aromatic heterocycles. The van der Waals surface area contributed by atoms with Gasteiger partial charge in [0, 0.05) is 17.6 Å². The Morgan fingerprint density at radius 1 is 0.926 bits per heavy atom. The molecule has 7 heteroatoms. The minimum Gasteiger partial charge on any atom is -0.354 e. The van der Waals surface area contributed by atoms with Gasteiger partial charge in [-0.2, -0.15) is 13.2 Å². The summed E-state index contributed by atoms with van der Waals surface area (Å²) in [6.45, 7) is 1.91. The molecule has 0 unspecified atom stereocenters. The van der Waals surface area contributed by atoms with Gasteiger partial charge in [-0.25, -0.2) is 0 Å². The van der Waals surface area contributed by atoms with Crippen LogP contribution in [0.15, 0.2) is 67.0 Å². The molecule has 1 amide bonds. The summed E-state index contributed by atoms with van der Waals surface area (Å²) in [4.78, 5) is 16.4. The maximum atomic E-state index is 12.8. The predicted molar refractivity (Wildman–Crippen MR) is 98.1 cm³/mol. The van der Waals surface area contributed by atoms with Gasteiger partial charge in [-0.1, -0.05) is 18.2 Å². The van der Waals surface area contributed by atoms with Crippen molar-refractivity contribution < 1.29 is 18.0 Å². The van der Waals surface area contributed by atoms with Crippen molar-refractivity contribution in [1.82, 2.24) is 4.98 Å². The summed E-state index contributed by atoms with van der Waals surface area (Å²) in [5, 5.41) is 5.61. The van der Waals surface area contributed by atoms with Gasteiger partial charge in [-0.3, -0.25) is 9.78 Å². The fourth-order valence-electron chi connectivity index (χ4n) is 2.50. The van der Waals surface area contributed by atoms with E-state index < -0.39 is 11.7 Å². The van der Waals surface area contributed by atoms with E-state index in [9.17, 15) is 18.0 Å². The molecular weight excluding hydrogens is 355 g/mol. The lowest BCUT2D eigenvalue weighted by Crippen LogP contribution is -2.12. The fourth-order valence-corrected chi connectivity index (χ4v) is 2.50. The third kappa shape index (κ3) is 4.84. The van der Waals surface area contributed by atoms with E-state index in [0.717, 1.165) is 17.7 Å². The first-order valence-electron chi connectivity index (χ1n) is 8.08. The highest BCUT2D eigenvalue weighted by Crippen LogP contribution is 2.31. The van der Waals surface area contributed by atoms with Gasteiger partial charge in [0.05, 0.1) is 23.0 Å². The number of aromatic nitrogens is 1. The number of rotatable bonds is 4. The molecule has 0 atom stereocenters. The smallest absolute Gasteiger partial charge is 0.354 e. The number of anilines is 3. The van der Waals surface area contributed by atoms with Crippen LogP contribution in [-0.2, 0) is 6.18 Å². The molecule has 3 rings (SSSR count). The maximum absolute atomic E-state index is 12.8. The molecule has 0 aliphatic rings. The van der Waals surface area contributed by atoms with Crippen molar-refractivity contribution in [1.29, 1.82) is 0 Å². The van der Waals surface area contributed by atoms with Crippen LogP contribution in [-0.4, -0.2) is 10.9 Å². The first kappa shape index (κ1) is 18.4. The second kappa shape index (κ2) is 7.49. The van der Waals surface area contributed by atoms with Crippen molar-refractivity contribution in [2.45, 2.75) is 13.1 Å². The lowest BCUT2D eigenvalue weighted by atomic mass is 10.2. The molecule has 3 aromatic rings. The van der Waals surface area contributed by atoms with Crippen molar-refractivity contribution >= 4 is 23.0 Å². The van der Waals surface area contributed by atoms with Gasteiger partial charge in [-0.05, 0) is 48.9 Å². The van der Waals surface area contributed by atoms with Crippen molar-refractivity contribution in [2.24, 2.45) is 0 Å². The normalized spacial score (nSPS) is 11.1. The Labute approximate surface area is 154 Å². The molecule has 0 saturated carbocycles. The lowest BCUT2D eigenvalue weighted by molar-refractivity contribution is -0.137. The highest BCUT2D eigenvalue weighted by Gasteiger charge is 2.30. The lowest BCUT2D eigenvalue weighted by Gasteiger charge is -2.11. The predicted octanol–water partition coefficient (Wildman–Crippen LogP) is 5.40. The number of halogens is 3.